The molecule has 5 nitrogen and oxygen atoms in total. The van der Waals surface area contributed by atoms with Crippen molar-refractivity contribution in [2.24, 2.45) is 0 Å². The first-order valence-corrected chi connectivity index (χ1v) is 6.98. The Hall–Kier alpha value is -1.91. The second kappa shape index (κ2) is 8.30. The van der Waals surface area contributed by atoms with Crippen LogP contribution in [-0.4, -0.2) is 17.3 Å². The first-order valence-electron chi connectivity index (χ1n) is 6.98. The van der Waals surface area contributed by atoms with Crippen LogP contribution in [0.25, 0.3) is 0 Å². The number of rotatable bonds is 9. The molecule has 20 heavy (non-hydrogen) atoms. The highest BCUT2D eigenvalue weighted by Crippen LogP contribution is 2.25. The molecule has 0 aliphatic heterocycles. The highest BCUT2D eigenvalue weighted by Gasteiger charge is 2.18. The highest BCUT2D eigenvalue weighted by atomic mass is 16.6. The van der Waals surface area contributed by atoms with Crippen molar-refractivity contribution < 1.29 is 14.5 Å². The van der Waals surface area contributed by atoms with Crippen molar-refractivity contribution in [3.05, 3.63) is 33.9 Å². The Morgan fingerprint density at radius 3 is 2.55 bits per heavy atom. The van der Waals surface area contributed by atoms with E-state index in [0.717, 1.165) is 12.8 Å². The molecular weight excluding hydrogens is 258 g/mol. The minimum Gasteiger partial charge on any atom is -0.493 e. The Kier molecular flexibility index (Phi) is 6.70. The normalized spacial score (nSPS) is 10.3. The molecule has 0 fully saturated rings. The van der Waals surface area contributed by atoms with Gasteiger partial charge < -0.3 is 4.74 Å². The van der Waals surface area contributed by atoms with Gasteiger partial charge in [0.2, 0.25) is 0 Å². The van der Waals surface area contributed by atoms with E-state index in [1.54, 1.807) is 6.07 Å². The zero-order valence-electron chi connectivity index (χ0n) is 12.1. The lowest BCUT2D eigenvalue weighted by Crippen LogP contribution is -2.02. The maximum Gasteiger partial charge on any atom is 0.283 e. The minimum atomic E-state index is -0.551. The van der Waals surface area contributed by atoms with E-state index in [4.69, 9.17) is 4.74 Å². The van der Waals surface area contributed by atoms with Crippen LogP contribution in [-0.2, 0) is 0 Å². The molecule has 1 aromatic carbocycles. The Labute approximate surface area is 119 Å². The first-order chi connectivity index (χ1) is 9.56. The number of nitro benzene ring substituents is 1. The average Bonchev–Trinajstić information content (AvgIpc) is 2.42. The van der Waals surface area contributed by atoms with Crippen molar-refractivity contribution in [2.75, 3.05) is 6.61 Å². The molecule has 0 atom stereocenters. The summed E-state index contributed by atoms with van der Waals surface area (Å²) in [7, 11) is 0. The van der Waals surface area contributed by atoms with Gasteiger partial charge >= 0.3 is 0 Å². The smallest absolute Gasteiger partial charge is 0.283 e. The summed E-state index contributed by atoms with van der Waals surface area (Å²) in [5.74, 6) is 0.125. The number of carbonyl (C=O) groups excluding carboxylic acids is 1. The summed E-state index contributed by atoms with van der Waals surface area (Å²) in [6.45, 7) is 4.02. The lowest BCUT2D eigenvalue weighted by molar-refractivity contribution is -0.385. The number of ether oxygens (including phenoxy) is 1. The van der Waals surface area contributed by atoms with Crippen LogP contribution in [0, 0.1) is 10.1 Å². The van der Waals surface area contributed by atoms with Gasteiger partial charge in [0.25, 0.3) is 5.69 Å². The van der Waals surface area contributed by atoms with E-state index >= 15 is 0 Å². The molecule has 1 aromatic rings. The molecule has 0 bridgehead atoms. The van der Waals surface area contributed by atoms with Gasteiger partial charge in [0.15, 0.2) is 5.78 Å². The van der Waals surface area contributed by atoms with Crippen LogP contribution in [0.5, 0.6) is 5.75 Å². The molecule has 0 N–H and O–H groups in total. The van der Waals surface area contributed by atoms with Gasteiger partial charge in [-0.1, -0.05) is 32.6 Å². The molecule has 0 unspecified atom stereocenters. The lowest BCUT2D eigenvalue weighted by atomic mass is 10.1. The molecular formula is C15H21NO4. The summed E-state index contributed by atoms with van der Waals surface area (Å²) >= 11 is 0. The van der Waals surface area contributed by atoms with Crippen LogP contribution < -0.4 is 4.74 Å². The van der Waals surface area contributed by atoms with E-state index in [-0.39, 0.29) is 17.0 Å². The number of hydrogen-bond donors (Lipinski definition) is 0. The fraction of sp³-hybridized carbons (Fsp3) is 0.533. The van der Waals surface area contributed by atoms with Crippen molar-refractivity contribution in [1.29, 1.82) is 0 Å². The Morgan fingerprint density at radius 1 is 1.25 bits per heavy atom. The SMILES string of the molecule is CCCCCCCOc1ccc(C(C)=O)c([N+](=O)[O-])c1. The molecule has 0 aromatic heterocycles. The molecule has 0 saturated carbocycles. The summed E-state index contributed by atoms with van der Waals surface area (Å²) in [5, 5.41) is 10.9. The van der Waals surface area contributed by atoms with Crippen LogP contribution in [0.1, 0.15) is 56.3 Å². The fourth-order valence-corrected chi connectivity index (χ4v) is 1.95. The van der Waals surface area contributed by atoms with Crippen molar-refractivity contribution in [2.45, 2.75) is 46.0 Å². The van der Waals surface area contributed by atoms with E-state index in [1.807, 2.05) is 0 Å². The second-order valence-corrected chi connectivity index (χ2v) is 4.75. The maximum absolute atomic E-state index is 11.3. The fourth-order valence-electron chi connectivity index (χ4n) is 1.95. The van der Waals surface area contributed by atoms with Gasteiger partial charge in [0.1, 0.15) is 5.75 Å². The first kappa shape index (κ1) is 16.1. The Morgan fingerprint density at radius 2 is 1.95 bits per heavy atom. The Bertz CT molecular complexity index is 471. The number of nitro groups is 1. The molecule has 0 spiro atoms. The number of carbonyl (C=O) groups is 1. The van der Waals surface area contributed by atoms with Gasteiger partial charge in [-0.2, -0.15) is 0 Å². The third-order valence-corrected chi connectivity index (χ3v) is 3.06. The minimum absolute atomic E-state index is 0.116. The lowest BCUT2D eigenvalue weighted by Gasteiger charge is -2.07. The summed E-state index contributed by atoms with van der Waals surface area (Å²) in [6, 6.07) is 4.38. The molecule has 0 aliphatic rings. The molecule has 0 radical (unpaired) electrons. The zero-order valence-corrected chi connectivity index (χ0v) is 12.1. The molecule has 1 rings (SSSR count). The third-order valence-electron chi connectivity index (χ3n) is 3.06. The summed E-state index contributed by atoms with van der Waals surface area (Å²) in [4.78, 5) is 21.7. The van der Waals surface area contributed by atoms with E-state index < -0.39 is 4.92 Å². The number of unbranched alkanes of at least 4 members (excludes halogenated alkanes) is 4. The molecule has 0 saturated heterocycles. The van der Waals surface area contributed by atoms with Crippen molar-refractivity contribution in [1.82, 2.24) is 0 Å². The van der Waals surface area contributed by atoms with E-state index in [0.29, 0.717) is 12.4 Å². The average molecular weight is 279 g/mol. The van der Waals surface area contributed by atoms with Crippen LogP contribution in [0.15, 0.2) is 18.2 Å². The topological polar surface area (TPSA) is 69.4 Å². The molecule has 0 heterocycles. The maximum atomic E-state index is 11.3. The predicted octanol–water partition coefficient (Wildman–Crippen LogP) is 4.15. The van der Waals surface area contributed by atoms with Crippen molar-refractivity contribution in [3.8, 4) is 5.75 Å². The largest absolute Gasteiger partial charge is 0.493 e. The van der Waals surface area contributed by atoms with Crippen LogP contribution >= 0.6 is 0 Å². The molecule has 0 aliphatic carbocycles. The van der Waals surface area contributed by atoms with Crippen molar-refractivity contribution >= 4 is 11.5 Å². The van der Waals surface area contributed by atoms with Gasteiger partial charge in [-0.15, -0.1) is 0 Å². The molecule has 5 heteroatoms. The second-order valence-electron chi connectivity index (χ2n) is 4.75. The van der Waals surface area contributed by atoms with Crippen LogP contribution in [0.2, 0.25) is 0 Å². The van der Waals surface area contributed by atoms with E-state index in [9.17, 15) is 14.9 Å². The number of nitrogens with zero attached hydrogens (tertiary/aromatic N) is 1. The monoisotopic (exact) mass is 279 g/mol. The highest BCUT2D eigenvalue weighted by molar-refractivity contribution is 5.98. The van der Waals surface area contributed by atoms with Gasteiger partial charge in [0, 0.05) is 0 Å². The van der Waals surface area contributed by atoms with Crippen molar-refractivity contribution in [3.63, 3.8) is 0 Å². The number of benzene rings is 1. The van der Waals surface area contributed by atoms with Crippen LogP contribution in [0.3, 0.4) is 0 Å². The number of Topliss-reactive ketones (excluding diaryl/α,β-unsaturated/α-hetero) is 1. The summed E-state index contributed by atoms with van der Waals surface area (Å²) < 4.78 is 5.50. The van der Waals surface area contributed by atoms with Gasteiger partial charge in [-0.05, 0) is 25.5 Å². The number of hydrogen-bond acceptors (Lipinski definition) is 4. The number of ketones is 1. The predicted molar refractivity (Wildman–Crippen MR) is 77.4 cm³/mol. The van der Waals surface area contributed by atoms with Crippen LogP contribution in [0.4, 0.5) is 5.69 Å². The van der Waals surface area contributed by atoms with E-state index in [2.05, 4.69) is 6.92 Å². The summed E-state index contributed by atoms with van der Waals surface area (Å²) in [5.41, 5.74) is -0.0775. The summed E-state index contributed by atoms with van der Waals surface area (Å²) in [6.07, 6.45) is 5.63. The zero-order chi connectivity index (χ0) is 15.0. The van der Waals surface area contributed by atoms with Gasteiger partial charge in [-0.25, -0.2) is 0 Å². The van der Waals surface area contributed by atoms with Gasteiger partial charge in [0.05, 0.1) is 23.2 Å². The third kappa shape index (κ3) is 4.99. The van der Waals surface area contributed by atoms with E-state index in [1.165, 1.54) is 38.3 Å². The molecule has 0 amide bonds. The Balaban J connectivity index is 2.57. The standard InChI is InChI=1S/C15H21NO4/c1-3-4-5-6-7-10-20-13-8-9-14(12(2)17)15(11-13)16(18)19/h8-9,11H,3-7,10H2,1-2H3. The molecule has 110 valence electrons. The quantitative estimate of drug-likeness (QED) is 0.295. The van der Waals surface area contributed by atoms with Gasteiger partial charge in [-0.3, -0.25) is 14.9 Å².